The van der Waals surface area contributed by atoms with Crippen molar-refractivity contribution in [1.29, 1.82) is 0 Å². The van der Waals surface area contributed by atoms with E-state index in [1.54, 1.807) is 29.8 Å². The second-order valence-corrected chi connectivity index (χ2v) is 7.44. The predicted molar refractivity (Wildman–Crippen MR) is 90.5 cm³/mol. The zero-order valence-corrected chi connectivity index (χ0v) is 14.3. The van der Waals surface area contributed by atoms with Crippen molar-refractivity contribution in [2.24, 2.45) is 5.41 Å². The van der Waals surface area contributed by atoms with Crippen LogP contribution in [0.2, 0.25) is 0 Å². The van der Waals surface area contributed by atoms with Crippen LogP contribution in [0.15, 0.2) is 23.8 Å². The monoisotopic (exact) mass is 344 g/mol. The summed E-state index contributed by atoms with van der Waals surface area (Å²) >= 11 is 1.55. The van der Waals surface area contributed by atoms with E-state index in [4.69, 9.17) is 4.74 Å². The second-order valence-electron chi connectivity index (χ2n) is 6.58. The van der Waals surface area contributed by atoms with Crippen molar-refractivity contribution in [3.8, 4) is 10.8 Å². The number of aromatic nitrogens is 3. The molecule has 2 aliphatic heterocycles. The lowest BCUT2D eigenvalue weighted by molar-refractivity contribution is -0.137. The SMILES string of the molecule is O=C1CC[C@]2(CCOC2)CN1CCc1csc(-c2ncccn2)n1. The fourth-order valence-electron chi connectivity index (χ4n) is 3.46. The Morgan fingerprint density at radius 1 is 1.29 bits per heavy atom. The number of carbonyl (C=O) groups excluding carboxylic acids is 1. The smallest absolute Gasteiger partial charge is 0.222 e. The van der Waals surface area contributed by atoms with Gasteiger partial charge in [0.05, 0.1) is 12.3 Å². The first-order valence-electron chi connectivity index (χ1n) is 8.31. The molecule has 0 aromatic carbocycles. The summed E-state index contributed by atoms with van der Waals surface area (Å²) in [6, 6.07) is 1.79. The number of hydrogen-bond donors (Lipinski definition) is 0. The molecule has 0 unspecified atom stereocenters. The van der Waals surface area contributed by atoms with E-state index in [0.29, 0.717) is 12.2 Å². The van der Waals surface area contributed by atoms with Crippen LogP contribution in [0.3, 0.4) is 0 Å². The third-order valence-corrected chi connectivity index (χ3v) is 5.77. The molecule has 0 saturated carbocycles. The maximum Gasteiger partial charge on any atom is 0.222 e. The minimum atomic E-state index is 0.193. The number of amides is 1. The van der Waals surface area contributed by atoms with Crippen molar-refractivity contribution < 1.29 is 9.53 Å². The number of piperidine rings is 1. The van der Waals surface area contributed by atoms with Crippen LogP contribution in [0.1, 0.15) is 25.0 Å². The lowest BCUT2D eigenvalue weighted by atomic mass is 9.79. The summed E-state index contributed by atoms with van der Waals surface area (Å²) in [6.45, 7) is 3.17. The average molecular weight is 344 g/mol. The summed E-state index contributed by atoms with van der Waals surface area (Å²) in [5.41, 5.74) is 1.19. The molecule has 1 amide bonds. The Kier molecular flexibility index (Phi) is 4.28. The van der Waals surface area contributed by atoms with E-state index >= 15 is 0 Å². The number of carbonyl (C=O) groups is 1. The van der Waals surface area contributed by atoms with Crippen molar-refractivity contribution in [1.82, 2.24) is 19.9 Å². The lowest BCUT2D eigenvalue weighted by Crippen LogP contribution is -2.47. The van der Waals surface area contributed by atoms with Crippen LogP contribution >= 0.6 is 11.3 Å². The first-order chi connectivity index (χ1) is 11.7. The van der Waals surface area contributed by atoms with Gasteiger partial charge in [-0.3, -0.25) is 4.79 Å². The highest BCUT2D eigenvalue weighted by Gasteiger charge is 2.41. The fourth-order valence-corrected chi connectivity index (χ4v) is 4.26. The van der Waals surface area contributed by atoms with Crippen LogP contribution in [0.5, 0.6) is 0 Å². The van der Waals surface area contributed by atoms with Gasteiger partial charge in [0.15, 0.2) is 10.8 Å². The quantitative estimate of drug-likeness (QED) is 0.850. The number of thiazole rings is 1. The molecule has 2 aromatic heterocycles. The summed E-state index contributed by atoms with van der Waals surface area (Å²) in [4.78, 5) is 27.3. The molecule has 6 nitrogen and oxygen atoms in total. The molecule has 2 aromatic rings. The first kappa shape index (κ1) is 15.7. The lowest BCUT2D eigenvalue weighted by Gasteiger charge is -2.39. The highest BCUT2D eigenvalue weighted by atomic mass is 32.1. The molecular weight excluding hydrogens is 324 g/mol. The van der Waals surface area contributed by atoms with Gasteiger partial charge in [-0.05, 0) is 18.9 Å². The van der Waals surface area contributed by atoms with E-state index in [-0.39, 0.29) is 11.3 Å². The molecule has 1 spiro atoms. The molecule has 1 atom stereocenters. The van der Waals surface area contributed by atoms with Crippen molar-refractivity contribution in [3.05, 3.63) is 29.5 Å². The topological polar surface area (TPSA) is 68.2 Å². The minimum absolute atomic E-state index is 0.193. The van der Waals surface area contributed by atoms with Crippen LogP contribution in [0, 0.1) is 5.41 Å². The summed E-state index contributed by atoms with van der Waals surface area (Å²) in [5, 5.41) is 2.87. The maximum absolute atomic E-state index is 12.2. The van der Waals surface area contributed by atoms with Gasteiger partial charge in [0.1, 0.15) is 0 Å². The van der Waals surface area contributed by atoms with Gasteiger partial charge < -0.3 is 9.64 Å². The Balaban J connectivity index is 1.39. The van der Waals surface area contributed by atoms with Crippen molar-refractivity contribution >= 4 is 17.2 Å². The summed E-state index contributed by atoms with van der Waals surface area (Å²) in [7, 11) is 0. The third kappa shape index (κ3) is 3.18. The van der Waals surface area contributed by atoms with Crippen LogP contribution in [-0.4, -0.2) is 52.1 Å². The Hall–Kier alpha value is -1.86. The van der Waals surface area contributed by atoms with Gasteiger partial charge in [0, 0.05) is 55.7 Å². The minimum Gasteiger partial charge on any atom is -0.381 e. The van der Waals surface area contributed by atoms with Crippen LogP contribution < -0.4 is 0 Å². The number of nitrogens with zero attached hydrogens (tertiary/aromatic N) is 4. The van der Waals surface area contributed by atoms with Crippen LogP contribution in [0.25, 0.3) is 10.8 Å². The van der Waals surface area contributed by atoms with Gasteiger partial charge in [-0.25, -0.2) is 15.0 Å². The Labute approximate surface area is 144 Å². The molecule has 2 saturated heterocycles. The van der Waals surface area contributed by atoms with E-state index in [1.165, 1.54) is 0 Å². The maximum atomic E-state index is 12.2. The van der Waals surface area contributed by atoms with Crippen LogP contribution in [0.4, 0.5) is 0 Å². The van der Waals surface area contributed by atoms with Gasteiger partial charge >= 0.3 is 0 Å². The second kappa shape index (κ2) is 6.57. The van der Waals surface area contributed by atoms with Gasteiger partial charge in [0.25, 0.3) is 0 Å². The number of likely N-dealkylation sites (tertiary alicyclic amines) is 1. The highest BCUT2D eigenvalue weighted by molar-refractivity contribution is 7.13. The van der Waals surface area contributed by atoms with E-state index in [2.05, 4.69) is 15.0 Å². The summed E-state index contributed by atoms with van der Waals surface area (Å²) in [6.07, 6.45) is 6.89. The van der Waals surface area contributed by atoms with E-state index < -0.39 is 0 Å². The largest absolute Gasteiger partial charge is 0.381 e. The predicted octanol–water partition coefficient (Wildman–Crippen LogP) is 2.17. The van der Waals surface area contributed by atoms with Crippen molar-refractivity contribution in [2.45, 2.75) is 25.7 Å². The van der Waals surface area contributed by atoms with E-state index in [9.17, 15) is 4.79 Å². The standard InChI is InChI=1S/C17H20N4O2S/c22-14-2-4-17(5-9-23-12-17)11-21(14)8-3-13-10-24-16(20-13)15-18-6-1-7-19-15/h1,6-7,10H,2-5,8-9,11-12H2/t17-/m0/s1. The molecular formula is C17H20N4O2S. The number of hydrogen-bond acceptors (Lipinski definition) is 6. The molecule has 7 heteroatoms. The zero-order chi connectivity index (χ0) is 16.4. The van der Waals surface area contributed by atoms with Crippen molar-refractivity contribution in [2.75, 3.05) is 26.3 Å². The van der Waals surface area contributed by atoms with Gasteiger partial charge in [-0.2, -0.15) is 0 Å². The molecule has 24 heavy (non-hydrogen) atoms. The zero-order valence-electron chi connectivity index (χ0n) is 13.5. The Morgan fingerprint density at radius 2 is 2.17 bits per heavy atom. The highest BCUT2D eigenvalue weighted by Crippen LogP contribution is 2.38. The Morgan fingerprint density at radius 3 is 2.96 bits per heavy atom. The summed E-state index contributed by atoms with van der Waals surface area (Å²) < 4.78 is 5.57. The molecule has 4 heterocycles. The molecule has 0 aliphatic carbocycles. The first-order valence-corrected chi connectivity index (χ1v) is 9.19. The van der Waals surface area contributed by atoms with Crippen molar-refractivity contribution in [3.63, 3.8) is 0 Å². The third-order valence-electron chi connectivity index (χ3n) is 4.88. The molecule has 0 radical (unpaired) electrons. The van der Waals surface area contributed by atoms with Gasteiger partial charge in [-0.15, -0.1) is 11.3 Å². The van der Waals surface area contributed by atoms with Gasteiger partial charge in [-0.1, -0.05) is 0 Å². The molecule has 0 N–H and O–H groups in total. The molecule has 0 bridgehead atoms. The molecule has 2 aliphatic rings. The van der Waals surface area contributed by atoms with E-state index in [0.717, 1.165) is 56.3 Å². The molecule has 2 fully saturated rings. The number of rotatable bonds is 4. The average Bonchev–Trinajstić information content (AvgIpc) is 3.27. The fraction of sp³-hybridized carbons (Fsp3) is 0.529. The molecule has 126 valence electrons. The van der Waals surface area contributed by atoms with E-state index in [1.807, 2.05) is 10.3 Å². The van der Waals surface area contributed by atoms with Crippen LogP contribution in [-0.2, 0) is 16.0 Å². The Bertz CT molecular complexity index is 712. The van der Waals surface area contributed by atoms with Gasteiger partial charge in [0.2, 0.25) is 5.91 Å². The molecule has 4 rings (SSSR count). The normalized spacial score (nSPS) is 24.0. The number of ether oxygens (including phenoxy) is 1. The summed E-state index contributed by atoms with van der Waals surface area (Å²) in [5.74, 6) is 0.916.